The molecule has 0 spiro atoms. The van der Waals surface area contributed by atoms with Gasteiger partial charge in [-0.05, 0) is 72.5 Å². The second-order valence-electron chi connectivity index (χ2n) is 7.05. The van der Waals surface area contributed by atoms with Crippen LogP contribution in [-0.4, -0.2) is 5.91 Å². The first-order valence-corrected chi connectivity index (χ1v) is 9.90. The lowest BCUT2D eigenvalue weighted by molar-refractivity contribution is -0.112. The molecular formula is C25H20ClFN2O2. The first-order chi connectivity index (χ1) is 14.9. The van der Waals surface area contributed by atoms with Crippen LogP contribution in [0.5, 0.6) is 5.75 Å². The van der Waals surface area contributed by atoms with Crippen LogP contribution in [0.4, 0.5) is 10.1 Å². The van der Waals surface area contributed by atoms with Crippen LogP contribution in [0.15, 0.2) is 66.2 Å². The predicted molar refractivity (Wildman–Crippen MR) is 120 cm³/mol. The third kappa shape index (κ3) is 5.94. The van der Waals surface area contributed by atoms with E-state index in [9.17, 15) is 14.4 Å². The van der Waals surface area contributed by atoms with E-state index in [1.165, 1.54) is 18.2 Å². The molecule has 1 N–H and O–H groups in total. The quantitative estimate of drug-likeness (QED) is 0.370. The molecule has 0 aliphatic rings. The molecule has 1 amide bonds. The average molecular weight is 435 g/mol. The zero-order chi connectivity index (χ0) is 22.4. The van der Waals surface area contributed by atoms with Crippen LogP contribution in [0.25, 0.3) is 6.08 Å². The first kappa shape index (κ1) is 22.1. The molecule has 4 nitrogen and oxygen atoms in total. The number of hydrogen-bond donors (Lipinski definition) is 1. The molecule has 0 saturated heterocycles. The normalized spacial score (nSPS) is 11.0. The number of carbonyl (C=O) groups is 1. The van der Waals surface area contributed by atoms with Crippen LogP contribution in [0.1, 0.15) is 22.3 Å². The minimum atomic E-state index is -0.496. The summed E-state index contributed by atoms with van der Waals surface area (Å²) in [5, 5.41) is 12.6. The Kier molecular flexibility index (Phi) is 7.07. The summed E-state index contributed by atoms with van der Waals surface area (Å²) in [5.41, 5.74) is 3.92. The fourth-order valence-electron chi connectivity index (χ4n) is 2.84. The number of nitrogens with one attached hydrogen (secondary N) is 1. The molecule has 6 heteroatoms. The van der Waals surface area contributed by atoms with Crippen molar-refractivity contribution >= 4 is 29.3 Å². The summed E-state index contributed by atoms with van der Waals surface area (Å²) in [5.74, 6) is -0.363. The number of carbonyl (C=O) groups excluding carboxylic acids is 1. The molecule has 31 heavy (non-hydrogen) atoms. The molecule has 3 aromatic carbocycles. The van der Waals surface area contributed by atoms with Crippen molar-refractivity contribution in [2.24, 2.45) is 0 Å². The van der Waals surface area contributed by atoms with Gasteiger partial charge in [0.05, 0.1) is 5.02 Å². The van der Waals surface area contributed by atoms with E-state index in [4.69, 9.17) is 16.3 Å². The van der Waals surface area contributed by atoms with Crippen LogP contribution < -0.4 is 10.1 Å². The Balaban J connectivity index is 1.72. The topological polar surface area (TPSA) is 62.1 Å². The van der Waals surface area contributed by atoms with Crippen molar-refractivity contribution in [3.63, 3.8) is 0 Å². The zero-order valence-electron chi connectivity index (χ0n) is 17.1. The standard InChI is InChI=1S/C25H20ClFN2O2/c1-16-3-4-17(2)23(11-16)29-25(30)20(14-28)12-19-7-10-24(22(26)13-19)31-15-18-5-8-21(27)9-6-18/h3-13H,15H2,1-2H3,(H,29,30)/b20-12+. The summed E-state index contributed by atoms with van der Waals surface area (Å²) in [4.78, 5) is 12.6. The third-order valence-corrected chi connectivity index (χ3v) is 4.88. The molecule has 3 aromatic rings. The predicted octanol–water partition coefficient (Wildman–Crippen LogP) is 6.22. The van der Waals surface area contributed by atoms with Gasteiger partial charge in [0.15, 0.2) is 0 Å². The summed E-state index contributed by atoms with van der Waals surface area (Å²) in [6.07, 6.45) is 1.47. The van der Waals surface area contributed by atoms with Crippen LogP contribution in [0.3, 0.4) is 0 Å². The van der Waals surface area contributed by atoms with Gasteiger partial charge in [-0.1, -0.05) is 41.9 Å². The summed E-state index contributed by atoms with van der Waals surface area (Å²) in [6.45, 7) is 4.05. The van der Waals surface area contributed by atoms with Crippen molar-refractivity contribution in [2.75, 3.05) is 5.32 Å². The van der Waals surface area contributed by atoms with Crippen molar-refractivity contribution in [3.05, 3.63) is 99.3 Å². The summed E-state index contributed by atoms with van der Waals surface area (Å²) in [6, 6.07) is 18.6. The van der Waals surface area contributed by atoms with E-state index in [0.29, 0.717) is 22.0 Å². The Labute approximate surface area is 185 Å². The lowest BCUT2D eigenvalue weighted by Gasteiger charge is -2.10. The van der Waals surface area contributed by atoms with Gasteiger partial charge in [-0.15, -0.1) is 0 Å². The Morgan fingerprint density at radius 1 is 1.13 bits per heavy atom. The first-order valence-electron chi connectivity index (χ1n) is 9.53. The molecule has 0 radical (unpaired) electrons. The van der Waals surface area contributed by atoms with Gasteiger partial charge in [0, 0.05) is 5.69 Å². The zero-order valence-corrected chi connectivity index (χ0v) is 17.8. The van der Waals surface area contributed by atoms with Gasteiger partial charge in [-0.2, -0.15) is 5.26 Å². The summed E-state index contributed by atoms with van der Waals surface area (Å²) >= 11 is 6.30. The molecule has 0 aromatic heterocycles. The van der Waals surface area contributed by atoms with Gasteiger partial charge in [0.1, 0.15) is 29.8 Å². The highest BCUT2D eigenvalue weighted by atomic mass is 35.5. The summed E-state index contributed by atoms with van der Waals surface area (Å²) in [7, 11) is 0. The van der Waals surface area contributed by atoms with E-state index in [2.05, 4.69) is 5.32 Å². The molecule has 0 bridgehead atoms. The number of ether oxygens (including phenoxy) is 1. The van der Waals surface area contributed by atoms with E-state index in [1.807, 2.05) is 38.1 Å². The lowest BCUT2D eigenvalue weighted by Crippen LogP contribution is -2.14. The van der Waals surface area contributed by atoms with Crippen molar-refractivity contribution in [2.45, 2.75) is 20.5 Å². The van der Waals surface area contributed by atoms with Crippen LogP contribution in [-0.2, 0) is 11.4 Å². The fraction of sp³-hybridized carbons (Fsp3) is 0.120. The van der Waals surface area contributed by atoms with E-state index in [1.54, 1.807) is 30.3 Å². The Hall–Kier alpha value is -3.62. The molecule has 0 heterocycles. The Morgan fingerprint density at radius 3 is 2.55 bits per heavy atom. The summed E-state index contributed by atoms with van der Waals surface area (Å²) < 4.78 is 18.7. The van der Waals surface area contributed by atoms with Crippen molar-refractivity contribution in [1.29, 1.82) is 5.26 Å². The number of aryl methyl sites for hydroxylation is 2. The molecule has 156 valence electrons. The number of nitrogens with zero attached hydrogens (tertiary/aromatic N) is 1. The second kappa shape index (κ2) is 9.92. The van der Waals surface area contributed by atoms with E-state index < -0.39 is 5.91 Å². The van der Waals surface area contributed by atoms with E-state index >= 15 is 0 Å². The number of anilines is 1. The van der Waals surface area contributed by atoms with Gasteiger partial charge in [0.25, 0.3) is 5.91 Å². The number of benzene rings is 3. The number of rotatable bonds is 6. The second-order valence-corrected chi connectivity index (χ2v) is 7.45. The number of hydrogen-bond acceptors (Lipinski definition) is 3. The Morgan fingerprint density at radius 2 is 1.87 bits per heavy atom. The minimum absolute atomic E-state index is 0.0445. The highest BCUT2D eigenvalue weighted by Gasteiger charge is 2.12. The number of nitriles is 1. The molecule has 0 unspecified atom stereocenters. The largest absolute Gasteiger partial charge is 0.487 e. The van der Waals surface area contributed by atoms with Gasteiger partial charge in [-0.3, -0.25) is 4.79 Å². The molecule has 3 rings (SSSR count). The average Bonchev–Trinajstić information content (AvgIpc) is 2.75. The maximum absolute atomic E-state index is 13.0. The molecule has 0 aliphatic carbocycles. The van der Waals surface area contributed by atoms with Crippen LogP contribution in [0, 0.1) is 31.0 Å². The van der Waals surface area contributed by atoms with E-state index in [-0.39, 0.29) is 18.0 Å². The molecule has 0 atom stereocenters. The Bertz CT molecular complexity index is 1180. The smallest absolute Gasteiger partial charge is 0.266 e. The monoisotopic (exact) mass is 434 g/mol. The maximum Gasteiger partial charge on any atom is 0.266 e. The third-order valence-electron chi connectivity index (χ3n) is 4.58. The molecule has 0 saturated carbocycles. The van der Waals surface area contributed by atoms with Gasteiger partial charge < -0.3 is 10.1 Å². The highest BCUT2D eigenvalue weighted by molar-refractivity contribution is 6.32. The lowest BCUT2D eigenvalue weighted by atomic mass is 10.1. The van der Waals surface area contributed by atoms with Crippen molar-refractivity contribution < 1.29 is 13.9 Å². The van der Waals surface area contributed by atoms with Crippen LogP contribution in [0.2, 0.25) is 5.02 Å². The van der Waals surface area contributed by atoms with Crippen LogP contribution >= 0.6 is 11.6 Å². The minimum Gasteiger partial charge on any atom is -0.487 e. The van der Waals surface area contributed by atoms with Gasteiger partial charge in [-0.25, -0.2) is 4.39 Å². The SMILES string of the molecule is Cc1ccc(C)c(NC(=O)/C(C#N)=C/c2ccc(OCc3ccc(F)cc3)c(Cl)c2)c1. The molecule has 0 fully saturated rings. The maximum atomic E-state index is 13.0. The molecule has 0 aliphatic heterocycles. The highest BCUT2D eigenvalue weighted by Crippen LogP contribution is 2.27. The fourth-order valence-corrected chi connectivity index (χ4v) is 3.08. The van der Waals surface area contributed by atoms with Gasteiger partial charge >= 0.3 is 0 Å². The van der Waals surface area contributed by atoms with Crippen molar-refractivity contribution in [1.82, 2.24) is 0 Å². The number of halogens is 2. The van der Waals surface area contributed by atoms with Crippen molar-refractivity contribution in [3.8, 4) is 11.8 Å². The molecular weight excluding hydrogens is 415 g/mol. The number of amides is 1. The van der Waals surface area contributed by atoms with Gasteiger partial charge in [0.2, 0.25) is 0 Å². The van der Waals surface area contributed by atoms with E-state index in [0.717, 1.165) is 16.7 Å².